The highest BCUT2D eigenvalue weighted by Gasteiger charge is 2.17. The molecule has 1 aromatic rings. The first kappa shape index (κ1) is 13.5. The molecule has 0 aliphatic carbocycles. The lowest BCUT2D eigenvalue weighted by Gasteiger charge is -2.19. The average molecular weight is 287 g/mol. The molecule has 0 bridgehead atoms. The number of hydrogen-bond donors (Lipinski definition) is 1. The molecule has 0 aliphatic rings. The third-order valence-electron chi connectivity index (χ3n) is 2.78. The summed E-state index contributed by atoms with van der Waals surface area (Å²) in [6.45, 7) is 6.74. The van der Waals surface area contributed by atoms with Crippen LogP contribution in [0.1, 0.15) is 38.9 Å². The van der Waals surface area contributed by atoms with Crippen molar-refractivity contribution in [2.24, 2.45) is 5.92 Å². The van der Waals surface area contributed by atoms with Crippen LogP contribution in [0.15, 0.2) is 22.7 Å². The van der Waals surface area contributed by atoms with Crippen LogP contribution >= 0.6 is 15.9 Å². The highest BCUT2D eigenvalue weighted by Crippen LogP contribution is 2.32. The zero-order chi connectivity index (χ0) is 12.1. The predicted octanol–water partition coefficient (Wildman–Crippen LogP) is 3.93. The molecule has 0 radical (unpaired) electrons. The smallest absolute Gasteiger partial charge is 0.120 e. The Morgan fingerprint density at radius 3 is 2.56 bits per heavy atom. The Hall–Kier alpha value is -0.540. The molecular weight excluding hydrogens is 268 g/mol. The number of benzene rings is 1. The quantitative estimate of drug-likeness (QED) is 0.889. The van der Waals surface area contributed by atoms with E-state index in [9.17, 15) is 5.11 Å². The van der Waals surface area contributed by atoms with Gasteiger partial charge in [-0.25, -0.2) is 0 Å². The third-order valence-corrected chi connectivity index (χ3v) is 3.47. The number of aliphatic hydroxyl groups is 1. The van der Waals surface area contributed by atoms with E-state index in [0.29, 0.717) is 6.61 Å². The van der Waals surface area contributed by atoms with E-state index < -0.39 is 6.10 Å². The van der Waals surface area contributed by atoms with Gasteiger partial charge in [-0.1, -0.05) is 42.3 Å². The topological polar surface area (TPSA) is 29.5 Å². The van der Waals surface area contributed by atoms with E-state index in [0.717, 1.165) is 22.2 Å². The molecule has 2 nitrogen and oxygen atoms in total. The van der Waals surface area contributed by atoms with E-state index in [1.165, 1.54) is 0 Å². The lowest BCUT2D eigenvalue weighted by Crippen LogP contribution is -2.08. The van der Waals surface area contributed by atoms with E-state index in [1.54, 1.807) is 0 Å². The van der Waals surface area contributed by atoms with Crippen LogP contribution in [0.2, 0.25) is 0 Å². The second kappa shape index (κ2) is 6.26. The molecule has 0 aromatic heterocycles. The Morgan fingerprint density at radius 2 is 2.06 bits per heavy atom. The Kier molecular flexibility index (Phi) is 5.29. The summed E-state index contributed by atoms with van der Waals surface area (Å²) in [6.07, 6.45) is 0.538. The zero-order valence-corrected chi connectivity index (χ0v) is 11.6. The van der Waals surface area contributed by atoms with Gasteiger partial charge in [-0.05, 0) is 30.5 Å². The van der Waals surface area contributed by atoms with E-state index in [1.807, 2.05) is 32.0 Å². The Morgan fingerprint density at radius 1 is 1.38 bits per heavy atom. The van der Waals surface area contributed by atoms with Crippen LogP contribution in [0.25, 0.3) is 0 Å². The molecule has 0 spiro atoms. The van der Waals surface area contributed by atoms with Crippen molar-refractivity contribution >= 4 is 15.9 Å². The van der Waals surface area contributed by atoms with Crippen LogP contribution in [0, 0.1) is 5.92 Å². The van der Waals surface area contributed by atoms with Crippen LogP contribution in [0.5, 0.6) is 5.75 Å². The van der Waals surface area contributed by atoms with Crippen LogP contribution in [-0.2, 0) is 0 Å². The SMILES string of the molecule is CCOc1ccc(C(O)C(C)CC)c(Br)c1. The fraction of sp³-hybridized carbons (Fsp3) is 0.538. The van der Waals surface area contributed by atoms with Gasteiger partial charge < -0.3 is 9.84 Å². The second-order valence-corrected chi connectivity index (χ2v) is 4.80. The first-order valence-corrected chi connectivity index (χ1v) is 6.49. The number of rotatable bonds is 5. The van der Waals surface area contributed by atoms with Gasteiger partial charge in [0.2, 0.25) is 0 Å². The maximum absolute atomic E-state index is 10.1. The first-order chi connectivity index (χ1) is 7.60. The predicted molar refractivity (Wildman–Crippen MR) is 69.7 cm³/mol. The van der Waals surface area contributed by atoms with Crippen molar-refractivity contribution in [1.29, 1.82) is 0 Å². The molecule has 90 valence electrons. The molecule has 1 aromatic carbocycles. The minimum absolute atomic E-state index is 0.259. The molecular formula is C13H19BrO2. The van der Waals surface area contributed by atoms with Crippen molar-refractivity contribution in [1.82, 2.24) is 0 Å². The Labute approximate surface area is 106 Å². The number of hydrogen-bond acceptors (Lipinski definition) is 2. The summed E-state index contributed by atoms with van der Waals surface area (Å²) >= 11 is 3.48. The van der Waals surface area contributed by atoms with Crippen LogP contribution in [0.4, 0.5) is 0 Å². The number of aliphatic hydroxyl groups excluding tert-OH is 1. The van der Waals surface area contributed by atoms with Crippen molar-refractivity contribution < 1.29 is 9.84 Å². The van der Waals surface area contributed by atoms with E-state index in [4.69, 9.17) is 4.74 Å². The van der Waals surface area contributed by atoms with Crippen molar-refractivity contribution in [3.63, 3.8) is 0 Å². The minimum atomic E-state index is -0.421. The van der Waals surface area contributed by atoms with E-state index in [-0.39, 0.29) is 5.92 Å². The van der Waals surface area contributed by atoms with Gasteiger partial charge in [-0.2, -0.15) is 0 Å². The minimum Gasteiger partial charge on any atom is -0.494 e. The molecule has 0 amide bonds. The summed E-state index contributed by atoms with van der Waals surface area (Å²) in [4.78, 5) is 0. The molecule has 0 aliphatic heterocycles. The molecule has 0 heterocycles. The van der Waals surface area contributed by atoms with Gasteiger partial charge in [0.15, 0.2) is 0 Å². The standard InChI is InChI=1S/C13H19BrO2/c1-4-9(3)13(15)11-7-6-10(16-5-2)8-12(11)14/h6-9,13,15H,4-5H2,1-3H3. The number of halogens is 1. The third kappa shape index (κ3) is 3.22. The van der Waals surface area contributed by atoms with Crippen molar-refractivity contribution in [3.8, 4) is 5.75 Å². The average Bonchev–Trinajstić information content (AvgIpc) is 2.28. The molecule has 1 N–H and O–H groups in total. The Bertz CT molecular complexity index is 339. The zero-order valence-electron chi connectivity index (χ0n) is 10.0. The molecule has 0 saturated heterocycles. The molecule has 0 saturated carbocycles. The summed E-state index contributed by atoms with van der Waals surface area (Å²) in [5, 5.41) is 10.1. The van der Waals surface area contributed by atoms with Gasteiger partial charge in [-0.15, -0.1) is 0 Å². The maximum atomic E-state index is 10.1. The van der Waals surface area contributed by atoms with Crippen molar-refractivity contribution in [2.45, 2.75) is 33.3 Å². The molecule has 2 atom stereocenters. The second-order valence-electron chi connectivity index (χ2n) is 3.95. The van der Waals surface area contributed by atoms with E-state index in [2.05, 4.69) is 22.9 Å². The van der Waals surface area contributed by atoms with Crippen molar-refractivity contribution in [2.75, 3.05) is 6.61 Å². The fourth-order valence-electron chi connectivity index (χ4n) is 1.53. The highest BCUT2D eigenvalue weighted by atomic mass is 79.9. The Balaban J connectivity index is 2.89. The monoisotopic (exact) mass is 286 g/mol. The molecule has 3 heteroatoms. The van der Waals surface area contributed by atoms with Crippen LogP contribution in [-0.4, -0.2) is 11.7 Å². The number of ether oxygens (including phenoxy) is 1. The first-order valence-electron chi connectivity index (χ1n) is 5.70. The van der Waals surface area contributed by atoms with Gasteiger partial charge in [0.1, 0.15) is 5.75 Å². The summed E-state index contributed by atoms with van der Waals surface area (Å²) in [5.41, 5.74) is 0.929. The lowest BCUT2D eigenvalue weighted by atomic mass is 9.95. The van der Waals surface area contributed by atoms with Gasteiger partial charge >= 0.3 is 0 Å². The highest BCUT2D eigenvalue weighted by molar-refractivity contribution is 9.10. The molecule has 2 unspecified atom stereocenters. The van der Waals surface area contributed by atoms with E-state index >= 15 is 0 Å². The van der Waals surface area contributed by atoms with Gasteiger partial charge in [0, 0.05) is 4.47 Å². The molecule has 16 heavy (non-hydrogen) atoms. The van der Waals surface area contributed by atoms with Gasteiger partial charge in [0.25, 0.3) is 0 Å². The van der Waals surface area contributed by atoms with Crippen molar-refractivity contribution in [3.05, 3.63) is 28.2 Å². The normalized spacial score (nSPS) is 14.6. The largest absolute Gasteiger partial charge is 0.494 e. The molecule has 1 rings (SSSR count). The summed E-state index contributed by atoms with van der Waals surface area (Å²) in [5.74, 6) is 1.09. The summed E-state index contributed by atoms with van der Waals surface area (Å²) < 4.78 is 6.31. The summed E-state index contributed by atoms with van der Waals surface area (Å²) in [6, 6.07) is 5.73. The fourth-order valence-corrected chi connectivity index (χ4v) is 2.13. The summed E-state index contributed by atoms with van der Waals surface area (Å²) in [7, 11) is 0. The van der Waals surface area contributed by atoms with Crippen LogP contribution < -0.4 is 4.74 Å². The molecule has 0 fully saturated rings. The van der Waals surface area contributed by atoms with Gasteiger partial charge in [-0.3, -0.25) is 0 Å². The lowest BCUT2D eigenvalue weighted by molar-refractivity contribution is 0.115. The van der Waals surface area contributed by atoms with Crippen LogP contribution in [0.3, 0.4) is 0 Å². The maximum Gasteiger partial charge on any atom is 0.120 e. The van der Waals surface area contributed by atoms with Gasteiger partial charge in [0.05, 0.1) is 12.7 Å².